The smallest absolute Gasteiger partial charge is 0.222 e. The van der Waals surface area contributed by atoms with Gasteiger partial charge in [-0.25, -0.2) is 0 Å². The Bertz CT molecular complexity index is 374. The van der Waals surface area contributed by atoms with E-state index in [1.165, 1.54) is 18.4 Å². The molecule has 1 fully saturated rings. The highest BCUT2D eigenvalue weighted by atomic mass is 79.9. The fourth-order valence-corrected chi connectivity index (χ4v) is 2.46. The summed E-state index contributed by atoms with van der Waals surface area (Å²) in [6.45, 7) is 1.67. The quantitative estimate of drug-likeness (QED) is 0.814. The van der Waals surface area contributed by atoms with E-state index in [1.807, 2.05) is 17.0 Å². The molecule has 0 spiro atoms. The first-order chi connectivity index (χ1) is 8.25. The number of hydrogen-bond donors (Lipinski definition) is 0. The van der Waals surface area contributed by atoms with Gasteiger partial charge < -0.3 is 4.90 Å². The van der Waals surface area contributed by atoms with E-state index in [-0.39, 0.29) is 0 Å². The molecule has 2 nitrogen and oxygen atoms in total. The SMILES string of the molecule is O=C1CCCCCCN1Cc1ccc(Br)cc1. The van der Waals surface area contributed by atoms with Crippen molar-refractivity contribution >= 4 is 21.8 Å². The number of benzene rings is 1. The Kier molecular flexibility index (Phi) is 4.60. The fraction of sp³-hybridized carbons (Fsp3) is 0.500. The van der Waals surface area contributed by atoms with E-state index in [9.17, 15) is 4.79 Å². The van der Waals surface area contributed by atoms with Crippen LogP contribution in [0, 0.1) is 0 Å². The van der Waals surface area contributed by atoms with Crippen LogP contribution in [0.15, 0.2) is 28.7 Å². The third-order valence-corrected chi connectivity index (χ3v) is 3.74. The van der Waals surface area contributed by atoms with E-state index < -0.39 is 0 Å². The second kappa shape index (κ2) is 6.20. The summed E-state index contributed by atoms with van der Waals surface area (Å²) in [6.07, 6.45) is 5.37. The fourth-order valence-electron chi connectivity index (χ4n) is 2.19. The van der Waals surface area contributed by atoms with Gasteiger partial charge in [0.1, 0.15) is 0 Å². The molecule has 1 aliphatic heterocycles. The third-order valence-electron chi connectivity index (χ3n) is 3.21. The molecule has 1 aromatic rings. The number of carbonyl (C=O) groups is 1. The van der Waals surface area contributed by atoms with Crippen LogP contribution in [0.5, 0.6) is 0 Å². The predicted octanol–water partition coefficient (Wildman–Crippen LogP) is 3.74. The summed E-state index contributed by atoms with van der Waals surface area (Å²) >= 11 is 3.42. The lowest BCUT2D eigenvalue weighted by molar-refractivity contribution is -0.132. The molecule has 2 rings (SSSR count). The lowest BCUT2D eigenvalue weighted by atomic mass is 10.1. The van der Waals surface area contributed by atoms with Crippen LogP contribution in [0.3, 0.4) is 0 Å². The van der Waals surface area contributed by atoms with E-state index in [0.717, 1.165) is 36.8 Å². The second-order valence-corrected chi connectivity index (χ2v) is 5.52. The highest BCUT2D eigenvalue weighted by molar-refractivity contribution is 9.10. The van der Waals surface area contributed by atoms with Gasteiger partial charge in [0.2, 0.25) is 5.91 Å². The summed E-state index contributed by atoms with van der Waals surface area (Å²) < 4.78 is 1.08. The van der Waals surface area contributed by atoms with Crippen LogP contribution < -0.4 is 0 Å². The number of amides is 1. The standard InChI is InChI=1S/C14H18BrNO/c15-13-8-6-12(7-9-13)11-16-10-4-2-1-3-5-14(16)17/h6-9H,1-5,10-11H2. The zero-order valence-electron chi connectivity index (χ0n) is 9.99. The minimum absolute atomic E-state index is 0.313. The first kappa shape index (κ1) is 12.6. The average Bonchev–Trinajstić information content (AvgIpc) is 2.31. The number of rotatable bonds is 2. The molecule has 0 aliphatic carbocycles. The van der Waals surface area contributed by atoms with Crippen molar-refractivity contribution in [2.45, 2.75) is 38.6 Å². The van der Waals surface area contributed by atoms with Crippen LogP contribution in [0.25, 0.3) is 0 Å². The average molecular weight is 296 g/mol. The first-order valence-electron chi connectivity index (χ1n) is 6.28. The van der Waals surface area contributed by atoms with Crippen molar-refractivity contribution < 1.29 is 4.79 Å². The van der Waals surface area contributed by atoms with Crippen molar-refractivity contribution in [3.8, 4) is 0 Å². The summed E-state index contributed by atoms with van der Waals surface area (Å²) in [6, 6.07) is 8.22. The van der Waals surface area contributed by atoms with Gasteiger partial charge in [-0.15, -0.1) is 0 Å². The molecule has 1 saturated heterocycles. The molecule has 1 heterocycles. The topological polar surface area (TPSA) is 20.3 Å². The Morgan fingerprint density at radius 3 is 2.53 bits per heavy atom. The molecule has 0 atom stereocenters. The van der Waals surface area contributed by atoms with Gasteiger partial charge in [0.05, 0.1) is 0 Å². The number of carbonyl (C=O) groups excluding carboxylic acids is 1. The van der Waals surface area contributed by atoms with Gasteiger partial charge in [0.15, 0.2) is 0 Å². The van der Waals surface area contributed by atoms with Crippen LogP contribution >= 0.6 is 15.9 Å². The van der Waals surface area contributed by atoms with E-state index in [0.29, 0.717) is 5.91 Å². The first-order valence-corrected chi connectivity index (χ1v) is 7.07. The maximum atomic E-state index is 12.0. The van der Waals surface area contributed by atoms with Gasteiger partial charge in [0, 0.05) is 24.0 Å². The van der Waals surface area contributed by atoms with Crippen LogP contribution in [-0.4, -0.2) is 17.4 Å². The third kappa shape index (κ3) is 3.84. The highest BCUT2D eigenvalue weighted by Gasteiger charge is 2.15. The summed E-state index contributed by atoms with van der Waals surface area (Å²) in [5.41, 5.74) is 1.21. The Morgan fingerprint density at radius 2 is 1.76 bits per heavy atom. The minimum atomic E-state index is 0.313. The van der Waals surface area contributed by atoms with Gasteiger partial charge in [-0.2, -0.15) is 0 Å². The highest BCUT2D eigenvalue weighted by Crippen LogP contribution is 2.16. The largest absolute Gasteiger partial charge is 0.338 e. The molecular formula is C14H18BrNO. The summed E-state index contributed by atoms with van der Waals surface area (Å²) in [5, 5.41) is 0. The van der Waals surface area contributed by atoms with Gasteiger partial charge in [-0.1, -0.05) is 40.9 Å². The van der Waals surface area contributed by atoms with Crippen molar-refractivity contribution in [2.24, 2.45) is 0 Å². The van der Waals surface area contributed by atoms with Gasteiger partial charge in [0.25, 0.3) is 0 Å². The molecule has 3 heteroatoms. The second-order valence-electron chi connectivity index (χ2n) is 4.61. The van der Waals surface area contributed by atoms with Crippen LogP contribution in [0.1, 0.15) is 37.7 Å². The molecule has 92 valence electrons. The van der Waals surface area contributed by atoms with E-state index >= 15 is 0 Å². The lowest BCUT2D eigenvalue weighted by Crippen LogP contribution is -2.32. The maximum Gasteiger partial charge on any atom is 0.222 e. The normalized spacial score (nSPS) is 17.7. The molecule has 0 radical (unpaired) electrons. The van der Waals surface area contributed by atoms with Gasteiger partial charge in [-0.05, 0) is 30.5 Å². The van der Waals surface area contributed by atoms with E-state index in [4.69, 9.17) is 0 Å². The van der Waals surface area contributed by atoms with Crippen LogP contribution in [-0.2, 0) is 11.3 Å². The van der Waals surface area contributed by atoms with Gasteiger partial charge >= 0.3 is 0 Å². The molecule has 0 aromatic heterocycles. The molecule has 1 amide bonds. The molecule has 1 aliphatic rings. The molecule has 0 N–H and O–H groups in total. The van der Waals surface area contributed by atoms with Crippen molar-refractivity contribution in [3.05, 3.63) is 34.3 Å². The number of likely N-dealkylation sites (tertiary alicyclic amines) is 1. The minimum Gasteiger partial charge on any atom is -0.338 e. The molecule has 1 aromatic carbocycles. The number of halogens is 1. The summed E-state index contributed by atoms with van der Waals surface area (Å²) in [4.78, 5) is 14.0. The van der Waals surface area contributed by atoms with E-state index in [1.54, 1.807) is 0 Å². The monoisotopic (exact) mass is 295 g/mol. The number of nitrogens with zero attached hydrogens (tertiary/aromatic N) is 1. The molecular weight excluding hydrogens is 278 g/mol. The Labute approximate surface area is 111 Å². The Balaban J connectivity index is 1.99. The van der Waals surface area contributed by atoms with Crippen molar-refractivity contribution in [1.29, 1.82) is 0 Å². The zero-order valence-corrected chi connectivity index (χ0v) is 11.6. The Hall–Kier alpha value is -0.830. The van der Waals surface area contributed by atoms with Crippen molar-refractivity contribution in [2.75, 3.05) is 6.54 Å². The Morgan fingerprint density at radius 1 is 1.06 bits per heavy atom. The van der Waals surface area contributed by atoms with Crippen molar-refractivity contribution in [1.82, 2.24) is 4.90 Å². The summed E-state index contributed by atoms with van der Waals surface area (Å²) in [5.74, 6) is 0.313. The number of hydrogen-bond acceptors (Lipinski definition) is 1. The predicted molar refractivity (Wildman–Crippen MR) is 72.6 cm³/mol. The molecule has 0 bridgehead atoms. The molecule has 0 unspecified atom stereocenters. The summed E-state index contributed by atoms with van der Waals surface area (Å²) in [7, 11) is 0. The lowest BCUT2D eigenvalue weighted by Gasteiger charge is -2.25. The van der Waals surface area contributed by atoms with Crippen LogP contribution in [0.2, 0.25) is 0 Å². The molecule has 17 heavy (non-hydrogen) atoms. The van der Waals surface area contributed by atoms with Crippen LogP contribution in [0.4, 0.5) is 0 Å². The van der Waals surface area contributed by atoms with Crippen molar-refractivity contribution in [3.63, 3.8) is 0 Å². The van der Waals surface area contributed by atoms with E-state index in [2.05, 4.69) is 28.1 Å². The molecule has 0 saturated carbocycles. The maximum absolute atomic E-state index is 12.0. The van der Waals surface area contributed by atoms with Gasteiger partial charge in [-0.3, -0.25) is 4.79 Å². The zero-order chi connectivity index (χ0) is 12.1.